The average Bonchev–Trinajstić information content (AvgIpc) is 1.98. The first kappa shape index (κ1) is 12.5. The molecule has 15 heavy (non-hydrogen) atoms. The van der Waals surface area contributed by atoms with Gasteiger partial charge in [-0.3, -0.25) is 4.79 Å². The van der Waals surface area contributed by atoms with Crippen LogP contribution in [0.3, 0.4) is 0 Å². The first-order valence-corrected chi connectivity index (χ1v) is 5.74. The molecule has 0 aliphatic carbocycles. The minimum Gasteiger partial charge on any atom is -0.347 e. The van der Waals surface area contributed by atoms with Gasteiger partial charge in [0.05, 0.1) is 0 Å². The second-order valence-corrected chi connectivity index (χ2v) is 5.71. The highest BCUT2D eigenvalue weighted by molar-refractivity contribution is 9.10. The Labute approximate surface area is 103 Å². The maximum atomic E-state index is 11.8. The summed E-state index contributed by atoms with van der Waals surface area (Å²) in [5.74, 6) is -0.120. The van der Waals surface area contributed by atoms with Crippen LogP contribution in [0.1, 0.15) is 31.1 Å². The number of rotatable bonds is 1. The number of amides is 1. The van der Waals surface area contributed by atoms with Crippen LogP contribution >= 0.6 is 27.5 Å². The van der Waals surface area contributed by atoms with Crippen molar-refractivity contribution in [3.05, 3.63) is 33.3 Å². The predicted octanol–water partition coefficient (Wildman–Crippen LogP) is 3.63. The zero-order valence-corrected chi connectivity index (χ0v) is 11.2. The summed E-state index contributed by atoms with van der Waals surface area (Å²) in [6, 6.07) is 5.13. The van der Waals surface area contributed by atoms with E-state index < -0.39 is 0 Å². The minimum atomic E-state index is -0.244. The van der Waals surface area contributed by atoms with Crippen molar-refractivity contribution in [2.24, 2.45) is 0 Å². The summed E-state index contributed by atoms with van der Waals surface area (Å²) in [5, 5.41) is 3.42. The van der Waals surface area contributed by atoms with Gasteiger partial charge >= 0.3 is 0 Å². The molecule has 0 saturated heterocycles. The molecule has 0 saturated carbocycles. The fourth-order valence-electron chi connectivity index (χ4n) is 1.10. The van der Waals surface area contributed by atoms with Crippen molar-refractivity contribution in [1.82, 2.24) is 5.32 Å². The Kier molecular flexibility index (Phi) is 3.79. The van der Waals surface area contributed by atoms with Gasteiger partial charge in [-0.1, -0.05) is 27.5 Å². The van der Waals surface area contributed by atoms with Gasteiger partial charge in [-0.25, -0.2) is 0 Å². The number of hydrogen-bond acceptors (Lipinski definition) is 1. The van der Waals surface area contributed by atoms with Gasteiger partial charge in [-0.2, -0.15) is 0 Å². The molecule has 82 valence electrons. The summed E-state index contributed by atoms with van der Waals surface area (Å²) in [6.07, 6.45) is 0. The highest BCUT2D eigenvalue weighted by atomic mass is 79.9. The summed E-state index contributed by atoms with van der Waals surface area (Å²) in [6.45, 7) is 5.81. The monoisotopic (exact) mass is 289 g/mol. The molecule has 0 heterocycles. The third-order valence-corrected chi connectivity index (χ3v) is 2.29. The van der Waals surface area contributed by atoms with Crippen LogP contribution in [0.25, 0.3) is 0 Å². The van der Waals surface area contributed by atoms with E-state index in [2.05, 4.69) is 21.2 Å². The van der Waals surface area contributed by atoms with Crippen LogP contribution in [0, 0.1) is 0 Å². The second kappa shape index (κ2) is 4.54. The zero-order valence-electron chi connectivity index (χ0n) is 8.90. The number of carbonyl (C=O) groups is 1. The van der Waals surface area contributed by atoms with E-state index in [0.29, 0.717) is 10.6 Å². The third kappa shape index (κ3) is 4.22. The first-order valence-electron chi connectivity index (χ1n) is 4.56. The van der Waals surface area contributed by atoms with Gasteiger partial charge < -0.3 is 5.32 Å². The predicted molar refractivity (Wildman–Crippen MR) is 66.4 cm³/mol. The lowest BCUT2D eigenvalue weighted by molar-refractivity contribution is 0.0919. The van der Waals surface area contributed by atoms with Crippen LogP contribution in [-0.2, 0) is 0 Å². The van der Waals surface area contributed by atoms with Crippen LogP contribution < -0.4 is 5.32 Å². The Bertz CT molecular complexity index is 364. The van der Waals surface area contributed by atoms with Gasteiger partial charge in [0.25, 0.3) is 5.91 Å². The number of benzene rings is 1. The fourth-order valence-corrected chi connectivity index (χ4v) is 1.96. The number of hydrogen-bond donors (Lipinski definition) is 1. The van der Waals surface area contributed by atoms with E-state index >= 15 is 0 Å². The van der Waals surface area contributed by atoms with Crippen molar-refractivity contribution >= 4 is 33.4 Å². The molecular weight excluding hydrogens is 277 g/mol. The van der Waals surface area contributed by atoms with Crippen molar-refractivity contribution < 1.29 is 4.79 Å². The van der Waals surface area contributed by atoms with Crippen molar-refractivity contribution in [1.29, 1.82) is 0 Å². The zero-order chi connectivity index (χ0) is 11.6. The van der Waals surface area contributed by atoms with E-state index in [9.17, 15) is 4.79 Å². The maximum absolute atomic E-state index is 11.8. The molecule has 0 aromatic heterocycles. The van der Waals surface area contributed by atoms with Crippen LogP contribution in [0.4, 0.5) is 0 Å². The summed E-state index contributed by atoms with van der Waals surface area (Å²) in [5.41, 5.74) is 0.315. The van der Waals surface area contributed by atoms with Gasteiger partial charge in [0.1, 0.15) is 0 Å². The topological polar surface area (TPSA) is 29.1 Å². The molecule has 0 aliphatic rings. The molecular formula is C11H13BrClNO. The van der Waals surface area contributed by atoms with Crippen molar-refractivity contribution in [2.75, 3.05) is 0 Å². The van der Waals surface area contributed by atoms with E-state index in [1.165, 1.54) is 0 Å². The Morgan fingerprint density at radius 1 is 1.33 bits per heavy atom. The van der Waals surface area contributed by atoms with Crippen LogP contribution in [0.15, 0.2) is 22.7 Å². The molecule has 1 aromatic carbocycles. The highest BCUT2D eigenvalue weighted by Gasteiger charge is 2.15. The molecule has 0 spiro atoms. The van der Waals surface area contributed by atoms with Gasteiger partial charge in [0, 0.05) is 20.6 Å². The molecule has 1 rings (SSSR count). The van der Waals surface area contributed by atoms with Gasteiger partial charge in [-0.05, 0) is 39.0 Å². The van der Waals surface area contributed by atoms with E-state index in [1.807, 2.05) is 20.8 Å². The molecule has 0 unspecified atom stereocenters. The second-order valence-electron chi connectivity index (χ2n) is 4.36. The first-order chi connectivity index (χ1) is 6.78. The molecule has 0 aliphatic heterocycles. The molecule has 0 atom stereocenters. The van der Waals surface area contributed by atoms with Crippen molar-refractivity contribution in [3.63, 3.8) is 0 Å². The molecule has 0 bridgehead atoms. The molecule has 2 nitrogen and oxygen atoms in total. The van der Waals surface area contributed by atoms with E-state index in [-0.39, 0.29) is 11.4 Å². The lowest BCUT2D eigenvalue weighted by atomic mass is 10.1. The molecule has 0 fully saturated rings. The fraction of sp³-hybridized carbons (Fsp3) is 0.364. The minimum absolute atomic E-state index is 0.120. The largest absolute Gasteiger partial charge is 0.347 e. The standard InChI is InChI=1S/C11H13BrClNO/c1-11(2,3)14-10(15)7-4-8(12)6-9(13)5-7/h4-6H,1-3H3,(H,14,15). The summed E-state index contributed by atoms with van der Waals surface area (Å²) in [4.78, 5) is 11.8. The van der Waals surface area contributed by atoms with Crippen molar-refractivity contribution in [2.45, 2.75) is 26.3 Å². The lowest BCUT2D eigenvalue weighted by Crippen LogP contribution is -2.40. The van der Waals surface area contributed by atoms with Crippen molar-refractivity contribution in [3.8, 4) is 0 Å². The van der Waals surface area contributed by atoms with E-state index in [4.69, 9.17) is 11.6 Å². The molecule has 1 amide bonds. The lowest BCUT2D eigenvalue weighted by Gasteiger charge is -2.20. The smallest absolute Gasteiger partial charge is 0.251 e. The van der Waals surface area contributed by atoms with Gasteiger partial charge in [0.15, 0.2) is 0 Å². The van der Waals surface area contributed by atoms with E-state index in [1.54, 1.807) is 18.2 Å². The van der Waals surface area contributed by atoms with Crippen LogP contribution in [0.5, 0.6) is 0 Å². The number of carbonyl (C=O) groups excluding carboxylic acids is 1. The van der Waals surface area contributed by atoms with Crippen LogP contribution in [0.2, 0.25) is 5.02 Å². The van der Waals surface area contributed by atoms with Gasteiger partial charge in [0.2, 0.25) is 0 Å². The highest BCUT2D eigenvalue weighted by Crippen LogP contribution is 2.19. The maximum Gasteiger partial charge on any atom is 0.251 e. The molecule has 1 N–H and O–H groups in total. The quantitative estimate of drug-likeness (QED) is 0.841. The SMILES string of the molecule is CC(C)(C)NC(=O)c1cc(Cl)cc(Br)c1. The summed E-state index contributed by atoms with van der Waals surface area (Å²) >= 11 is 9.15. The van der Waals surface area contributed by atoms with E-state index in [0.717, 1.165) is 4.47 Å². The molecule has 1 aromatic rings. The third-order valence-electron chi connectivity index (χ3n) is 1.61. The Morgan fingerprint density at radius 2 is 1.93 bits per heavy atom. The molecule has 4 heteroatoms. The summed E-state index contributed by atoms with van der Waals surface area (Å²) in [7, 11) is 0. The normalized spacial score (nSPS) is 11.3. The Balaban J connectivity index is 2.92. The average molecular weight is 291 g/mol. The number of halogens is 2. The Hall–Kier alpha value is -0.540. The van der Waals surface area contributed by atoms with Crippen LogP contribution in [-0.4, -0.2) is 11.4 Å². The number of nitrogens with one attached hydrogen (secondary N) is 1. The molecule has 0 radical (unpaired) electrons. The summed E-state index contributed by atoms with van der Waals surface area (Å²) < 4.78 is 0.800. The Morgan fingerprint density at radius 3 is 2.40 bits per heavy atom. The van der Waals surface area contributed by atoms with Gasteiger partial charge in [-0.15, -0.1) is 0 Å².